The Morgan fingerprint density at radius 2 is 2.00 bits per heavy atom. The summed E-state index contributed by atoms with van der Waals surface area (Å²) < 4.78 is 5.25. The summed E-state index contributed by atoms with van der Waals surface area (Å²) in [5.74, 6) is 2.14. The van der Waals surface area contributed by atoms with Crippen LogP contribution in [0.25, 0.3) is 0 Å². The van der Waals surface area contributed by atoms with Crippen LogP contribution in [0.4, 0.5) is 5.69 Å². The highest BCUT2D eigenvalue weighted by Crippen LogP contribution is 2.37. The van der Waals surface area contributed by atoms with Gasteiger partial charge < -0.3 is 10.1 Å². The molecule has 1 fully saturated rings. The van der Waals surface area contributed by atoms with Crippen LogP contribution in [0.3, 0.4) is 0 Å². The highest BCUT2D eigenvalue weighted by Gasteiger charge is 2.25. The molecule has 122 valence electrons. The van der Waals surface area contributed by atoms with Crippen molar-refractivity contribution >= 4 is 12.0 Å². The zero-order valence-electron chi connectivity index (χ0n) is 13.7. The molecule has 0 amide bonds. The average molecular weight is 314 g/mol. The smallest absolute Gasteiger partial charge is 0.213 e. The maximum atomic E-state index is 10.2. The Bertz CT molecular complexity index is 640. The molecule has 1 saturated carbocycles. The summed E-state index contributed by atoms with van der Waals surface area (Å²) in [7, 11) is 1.88. The van der Waals surface area contributed by atoms with Gasteiger partial charge in [-0.2, -0.15) is 0 Å². The van der Waals surface area contributed by atoms with E-state index in [1.165, 1.54) is 12.8 Å². The molecule has 1 N–H and O–H groups in total. The fourth-order valence-electron chi connectivity index (χ4n) is 1.99. The summed E-state index contributed by atoms with van der Waals surface area (Å²) in [5, 5.41) is 3.05. The number of hydrogen-bond acceptors (Lipinski definition) is 6. The number of nitrogens with zero attached hydrogens (tertiary/aromatic N) is 3. The molecule has 3 rings (SSSR count). The van der Waals surface area contributed by atoms with Gasteiger partial charge in [-0.25, -0.2) is 15.0 Å². The van der Waals surface area contributed by atoms with Crippen molar-refractivity contribution in [1.82, 2.24) is 15.0 Å². The first kappa shape index (κ1) is 16.9. The lowest BCUT2D eigenvalue weighted by atomic mass is 10.3. The lowest BCUT2D eigenvalue weighted by Gasteiger charge is -2.06. The van der Waals surface area contributed by atoms with E-state index in [0.717, 1.165) is 23.5 Å². The highest BCUT2D eigenvalue weighted by atomic mass is 16.5. The van der Waals surface area contributed by atoms with Crippen LogP contribution in [0.1, 0.15) is 47.6 Å². The van der Waals surface area contributed by atoms with E-state index >= 15 is 0 Å². The van der Waals surface area contributed by atoms with Crippen LogP contribution in [0.2, 0.25) is 0 Å². The summed E-state index contributed by atoms with van der Waals surface area (Å²) in [6, 6.07) is 3.83. The first-order chi connectivity index (χ1) is 11.2. The van der Waals surface area contributed by atoms with E-state index in [1.807, 2.05) is 33.0 Å². The quantitative estimate of drug-likeness (QED) is 0.855. The molecule has 0 spiro atoms. The predicted molar refractivity (Wildman–Crippen MR) is 89.1 cm³/mol. The summed E-state index contributed by atoms with van der Waals surface area (Å²) in [6.07, 6.45) is 6.30. The van der Waals surface area contributed by atoms with Crippen LogP contribution < -0.4 is 10.1 Å². The minimum atomic E-state index is 0.550. The van der Waals surface area contributed by atoms with Crippen molar-refractivity contribution in [3.8, 4) is 5.88 Å². The lowest BCUT2D eigenvalue weighted by Crippen LogP contribution is -1.98. The van der Waals surface area contributed by atoms with Crippen molar-refractivity contribution in [2.45, 2.75) is 32.6 Å². The van der Waals surface area contributed by atoms with E-state index < -0.39 is 0 Å². The maximum Gasteiger partial charge on any atom is 0.213 e. The number of aromatic nitrogens is 3. The molecule has 0 unspecified atom stereocenters. The molecule has 1 aliphatic carbocycles. The summed E-state index contributed by atoms with van der Waals surface area (Å²) in [5.41, 5.74) is 2.55. The molecule has 6 nitrogen and oxygen atoms in total. The summed E-state index contributed by atoms with van der Waals surface area (Å²) in [4.78, 5) is 22.6. The molecule has 6 heteroatoms. The number of rotatable bonds is 5. The SMILES string of the molecule is CCOc1ccc(NC)c(C)n1.O=Cc1cnc(C2CC2)nc1. The lowest BCUT2D eigenvalue weighted by molar-refractivity contribution is 0.112. The second-order valence-corrected chi connectivity index (χ2v) is 5.23. The number of hydrogen-bond donors (Lipinski definition) is 1. The molecule has 0 radical (unpaired) electrons. The Morgan fingerprint density at radius 3 is 2.48 bits per heavy atom. The zero-order chi connectivity index (χ0) is 16.7. The Morgan fingerprint density at radius 1 is 1.30 bits per heavy atom. The third-order valence-electron chi connectivity index (χ3n) is 3.39. The molecule has 2 heterocycles. The van der Waals surface area contributed by atoms with Gasteiger partial charge in [-0.15, -0.1) is 0 Å². The molecule has 0 aromatic carbocycles. The van der Waals surface area contributed by atoms with Gasteiger partial charge in [0.2, 0.25) is 5.88 Å². The van der Waals surface area contributed by atoms with E-state index in [9.17, 15) is 4.79 Å². The molecule has 1 aliphatic rings. The molecule has 2 aromatic rings. The third-order valence-corrected chi connectivity index (χ3v) is 3.39. The number of anilines is 1. The maximum absolute atomic E-state index is 10.2. The molecular weight excluding hydrogens is 292 g/mol. The minimum Gasteiger partial charge on any atom is -0.478 e. The standard InChI is InChI=1S/C9H14N2O.C8H8N2O/c1-4-12-9-6-5-8(10-3)7(2)11-9;11-5-6-3-9-8(10-4-6)7-1-2-7/h5-6,10H,4H2,1-3H3;3-5,7H,1-2H2. The van der Waals surface area contributed by atoms with E-state index in [1.54, 1.807) is 12.4 Å². The van der Waals surface area contributed by atoms with Gasteiger partial charge >= 0.3 is 0 Å². The van der Waals surface area contributed by atoms with Crippen molar-refractivity contribution in [3.63, 3.8) is 0 Å². The van der Waals surface area contributed by atoms with Gasteiger partial charge in [0.25, 0.3) is 0 Å². The number of aldehydes is 1. The van der Waals surface area contributed by atoms with Crippen LogP contribution in [-0.4, -0.2) is 34.9 Å². The number of nitrogens with one attached hydrogen (secondary N) is 1. The van der Waals surface area contributed by atoms with Crippen molar-refractivity contribution in [2.75, 3.05) is 19.0 Å². The Labute approximate surface area is 136 Å². The van der Waals surface area contributed by atoms with Gasteiger partial charge in [0.05, 0.1) is 23.6 Å². The van der Waals surface area contributed by atoms with Gasteiger partial charge in [-0.1, -0.05) is 0 Å². The van der Waals surface area contributed by atoms with E-state index in [2.05, 4.69) is 20.3 Å². The van der Waals surface area contributed by atoms with Gasteiger partial charge in [0.15, 0.2) is 6.29 Å². The first-order valence-corrected chi connectivity index (χ1v) is 7.73. The summed E-state index contributed by atoms with van der Waals surface area (Å²) >= 11 is 0. The summed E-state index contributed by atoms with van der Waals surface area (Å²) in [6.45, 7) is 4.56. The average Bonchev–Trinajstić information content (AvgIpc) is 3.41. The number of carbonyl (C=O) groups excluding carboxylic acids is 1. The minimum absolute atomic E-state index is 0.550. The number of pyridine rings is 1. The Balaban J connectivity index is 0.000000167. The van der Waals surface area contributed by atoms with Crippen molar-refractivity contribution < 1.29 is 9.53 Å². The molecule has 23 heavy (non-hydrogen) atoms. The molecule has 0 bridgehead atoms. The molecule has 0 atom stereocenters. The van der Waals surface area contributed by atoms with E-state index in [-0.39, 0.29) is 0 Å². The number of aryl methyl sites for hydroxylation is 1. The van der Waals surface area contributed by atoms with Gasteiger partial charge in [-0.05, 0) is 32.8 Å². The third kappa shape index (κ3) is 5.02. The van der Waals surface area contributed by atoms with Crippen molar-refractivity contribution in [1.29, 1.82) is 0 Å². The van der Waals surface area contributed by atoms with Crippen LogP contribution >= 0.6 is 0 Å². The second-order valence-electron chi connectivity index (χ2n) is 5.23. The van der Waals surface area contributed by atoms with E-state index in [0.29, 0.717) is 24.0 Å². The van der Waals surface area contributed by atoms with Crippen LogP contribution in [-0.2, 0) is 0 Å². The normalized spacial score (nSPS) is 12.8. The number of ether oxygens (including phenoxy) is 1. The first-order valence-electron chi connectivity index (χ1n) is 7.73. The molecule has 0 aliphatic heterocycles. The van der Waals surface area contributed by atoms with Gasteiger partial charge in [0, 0.05) is 31.4 Å². The Kier molecular flexibility index (Phi) is 6.02. The van der Waals surface area contributed by atoms with Gasteiger partial charge in [-0.3, -0.25) is 4.79 Å². The largest absolute Gasteiger partial charge is 0.478 e. The highest BCUT2D eigenvalue weighted by molar-refractivity contribution is 5.73. The van der Waals surface area contributed by atoms with Gasteiger partial charge in [0.1, 0.15) is 5.82 Å². The molecular formula is C17H22N4O2. The van der Waals surface area contributed by atoms with Crippen LogP contribution in [0.15, 0.2) is 24.5 Å². The Hall–Kier alpha value is -2.50. The van der Waals surface area contributed by atoms with Crippen molar-refractivity contribution in [2.24, 2.45) is 0 Å². The van der Waals surface area contributed by atoms with Crippen molar-refractivity contribution in [3.05, 3.63) is 41.6 Å². The fourth-order valence-corrected chi connectivity index (χ4v) is 1.99. The van der Waals surface area contributed by atoms with E-state index in [4.69, 9.17) is 4.74 Å². The monoisotopic (exact) mass is 314 g/mol. The second kappa shape index (κ2) is 8.22. The predicted octanol–water partition coefficient (Wildman–Crippen LogP) is 3.00. The van der Waals surface area contributed by atoms with Crippen LogP contribution in [0.5, 0.6) is 5.88 Å². The molecule has 0 saturated heterocycles. The fraction of sp³-hybridized carbons (Fsp3) is 0.412. The topological polar surface area (TPSA) is 77.0 Å². The van der Waals surface area contributed by atoms with Crippen LogP contribution in [0, 0.1) is 6.92 Å². The number of carbonyl (C=O) groups is 1. The molecule has 2 aromatic heterocycles. The zero-order valence-corrected chi connectivity index (χ0v) is 13.7.